The van der Waals surface area contributed by atoms with Crippen LogP contribution in [0.5, 0.6) is 0 Å². The Hall–Kier alpha value is -1.76. The summed E-state index contributed by atoms with van der Waals surface area (Å²) in [6.07, 6.45) is 2.06. The van der Waals surface area contributed by atoms with Crippen LogP contribution >= 0.6 is 0 Å². The van der Waals surface area contributed by atoms with Gasteiger partial charge in [-0.1, -0.05) is 6.08 Å². The van der Waals surface area contributed by atoms with Crippen LogP contribution in [0.25, 0.3) is 0 Å². The molecule has 0 unspecified atom stereocenters. The smallest absolute Gasteiger partial charge is 0.357 e. The van der Waals surface area contributed by atoms with Crippen LogP contribution in [0.4, 0.5) is 0 Å². The molecule has 2 aliphatic heterocycles. The van der Waals surface area contributed by atoms with E-state index in [1.165, 1.54) is 0 Å². The highest BCUT2D eigenvalue weighted by molar-refractivity contribution is 5.87. The lowest BCUT2D eigenvalue weighted by atomic mass is 9.93. The van der Waals surface area contributed by atoms with Gasteiger partial charge < -0.3 is 19.3 Å². The lowest BCUT2D eigenvalue weighted by Crippen LogP contribution is -2.43. The van der Waals surface area contributed by atoms with Crippen LogP contribution in [0.1, 0.15) is 22.5 Å². The molecule has 0 amide bonds. The van der Waals surface area contributed by atoms with Gasteiger partial charge in [-0.2, -0.15) is 0 Å². The molecular formula is C16H19NO5. The molecule has 3 heterocycles. The summed E-state index contributed by atoms with van der Waals surface area (Å²) in [7, 11) is 0. The molecule has 2 aliphatic rings. The first-order valence-corrected chi connectivity index (χ1v) is 7.23. The minimum Gasteiger partial charge on any atom is -0.452 e. The van der Waals surface area contributed by atoms with Crippen molar-refractivity contribution in [2.24, 2.45) is 0 Å². The second-order valence-corrected chi connectivity index (χ2v) is 5.79. The largest absolute Gasteiger partial charge is 0.452 e. The third-order valence-electron chi connectivity index (χ3n) is 4.04. The number of carbonyl (C=O) groups excluding carboxylic acids is 1. The fraction of sp³-hybridized carbons (Fsp3) is 0.500. The molecule has 3 rings (SSSR count). The van der Waals surface area contributed by atoms with Gasteiger partial charge >= 0.3 is 5.97 Å². The van der Waals surface area contributed by atoms with Gasteiger partial charge in [0.05, 0.1) is 13.2 Å². The zero-order chi connectivity index (χ0) is 15.7. The zero-order valence-corrected chi connectivity index (χ0v) is 12.4. The summed E-state index contributed by atoms with van der Waals surface area (Å²) in [6, 6.07) is 3.47. The minimum atomic E-state index is -1.10. The number of esters is 1. The van der Waals surface area contributed by atoms with Crippen molar-refractivity contribution in [3.05, 3.63) is 42.2 Å². The van der Waals surface area contributed by atoms with Crippen molar-refractivity contribution in [1.29, 1.82) is 0 Å². The SMILES string of the molecule is C=CC[C@@]1(O)CO[C@@H]2[C@@H](OC(=O)c3cc(C)ccn3)CO[C@@H]21. The molecule has 2 fully saturated rings. The van der Waals surface area contributed by atoms with Crippen LogP contribution in [0.2, 0.25) is 0 Å². The molecule has 4 atom stereocenters. The molecule has 1 N–H and O–H groups in total. The molecule has 22 heavy (non-hydrogen) atoms. The number of rotatable bonds is 4. The quantitative estimate of drug-likeness (QED) is 0.661. The van der Waals surface area contributed by atoms with Gasteiger partial charge in [0.1, 0.15) is 23.5 Å². The number of aromatic nitrogens is 1. The van der Waals surface area contributed by atoms with E-state index < -0.39 is 29.9 Å². The highest BCUT2D eigenvalue weighted by Crippen LogP contribution is 2.37. The molecule has 1 aromatic rings. The maximum Gasteiger partial charge on any atom is 0.357 e. The number of nitrogens with zero attached hydrogens (tertiary/aromatic N) is 1. The number of hydrogen-bond donors (Lipinski definition) is 1. The summed E-state index contributed by atoms with van der Waals surface area (Å²) < 4.78 is 16.6. The predicted molar refractivity (Wildman–Crippen MR) is 77.4 cm³/mol. The molecule has 0 bridgehead atoms. The molecular weight excluding hydrogens is 286 g/mol. The normalized spacial score (nSPS) is 33.5. The van der Waals surface area contributed by atoms with E-state index in [1.54, 1.807) is 24.4 Å². The fourth-order valence-electron chi connectivity index (χ4n) is 2.93. The number of hydrogen-bond acceptors (Lipinski definition) is 6. The number of ether oxygens (including phenoxy) is 3. The van der Waals surface area contributed by atoms with Crippen LogP contribution in [0.3, 0.4) is 0 Å². The molecule has 6 nitrogen and oxygen atoms in total. The summed E-state index contributed by atoms with van der Waals surface area (Å²) in [4.78, 5) is 16.2. The van der Waals surface area contributed by atoms with E-state index in [1.807, 2.05) is 6.92 Å². The fourth-order valence-corrected chi connectivity index (χ4v) is 2.93. The Morgan fingerprint density at radius 2 is 2.45 bits per heavy atom. The Morgan fingerprint density at radius 3 is 3.18 bits per heavy atom. The van der Waals surface area contributed by atoms with Gasteiger partial charge in [0.15, 0.2) is 6.10 Å². The number of fused-ring (bicyclic) bond motifs is 1. The second-order valence-electron chi connectivity index (χ2n) is 5.79. The van der Waals surface area contributed by atoms with Gasteiger partial charge in [0.25, 0.3) is 0 Å². The second kappa shape index (κ2) is 5.79. The van der Waals surface area contributed by atoms with Crippen molar-refractivity contribution in [2.45, 2.75) is 37.3 Å². The zero-order valence-electron chi connectivity index (χ0n) is 12.4. The highest BCUT2D eigenvalue weighted by Gasteiger charge is 2.56. The first-order valence-electron chi connectivity index (χ1n) is 7.23. The van der Waals surface area contributed by atoms with Crippen molar-refractivity contribution < 1.29 is 24.1 Å². The third-order valence-corrected chi connectivity index (χ3v) is 4.04. The van der Waals surface area contributed by atoms with Crippen LogP contribution < -0.4 is 0 Å². The number of aliphatic hydroxyl groups is 1. The Bertz CT molecular complexity index is 590. The van der Waals surface area contributed by atoms with Crippen LogP contribution in [-0.4, -0.2) is 53.2 Å². The summed E-state index contributed by atoms with van der Waals surface area (Å²) in [6.45, 7) is 5.86. The molecule has 6 heteroatoms. The molecule has 0 saturated carbocycles. The van der Waals surface area contributed by atoms with Gasteiger partial charge in [-0.25, -0.2) is 9.78 Å². The third kappa shape index (κ3) is 2.65. The topological polar surface area (TPSA) is 77.9 Å². The summed E-state index contributed by atoms with van der Waals surface area (Å²) in [5, 5.41) is 10.5. The highest BCUT2D eigenvalue weighted by atomic mass is 16.6. The maximum absolute atomic E-state index is 12.2. The van der Waals surface area contributed by atoms with Gasteiger partial charge in [-0.05, 0) is 31.0 Å². The lowest BCUT2D eigenvalue weighted by molar-refractivity contribution is -0.0684. The number of carbonyl (C=O) groups is 1. The number of aryl methyl sites for hydroxylation is 1. The molecule has 0 radical (unpaired) electrons. The van der Waals surface area contributed by atoms with E-state index in [2.05, 4.69) is 11.6 Å². The van der Waals surface area contributed by atoms with Gasteiger partial charge in [0.2, 0.25) is 0 Å². The average Bonchev–Trinajstić information content (AvgIpc) is 3.02. The minimum absolute atomic E-state index is 0.144. The molecule has 0 spiro atoms. The molecule has 0 aliphatic carbocycles. The molecule has 0 aromatic carbocycles. The van der Waals surface area contributed by atoms with Crippen LogP contribution in [0.15, 0.2) is 31.0 Å². The molecule has 2 saturated heterocycles. The summed E-state index contributed by atoms with van der Waals surface area (Å²) in [5.41, 5.74) is 0.0811. The monoisotopic (exact) mass is 305 g/mol. The summed E-state index contributed by atoms with van der Waals surface area (Å²) >= 11 is 0. The predicted octanol–water partition coefficient (Wildman–Crippen LogP) is 1.02. The Kier molecular flexibility index (Phi) is 3.99. The standard InChI is InChI=1S/C16H19NO5/c1-3-5-16(19)9-21-13-12(8-20-14(13)16)22-15(18)11-7-10(2)4-6-17-11/h3-4,6-7,12-14,19H,1,5,8-9H2,2H3/t12-,13+,14-,16+/m0/s1. The first-order chi connectivity index (χ1) is 10.5. The summed E-state index contributed by atoms with van der Waals surface area (Å²) in [5.74, 6) is -0.513. The Labute approximate surface area is 128 Å². The van der Waals surface area contributed by atoms with Crippen molar-refractivity contribution in [3.8, 4) is 0 Å². The Morgan fingerprint density at radius 1 is 1.64 bits per heavy atom. The van der Waals surface area contributed by atoms with Crippen molar-refractivity contribution in [1.82, 2.24) is 4.98 Å². The van der Waals surface area contributed by atoms with Gasteiger partial charge in [-0.15, -0.1) is 6.58 Å². The van der Waals surface area contributed by atoms with E-state index >= 15 is 0 Å². The van der Waals surface area contributed by atoms with E-state index in [4.69, 9.17) is 14.2 Å². The van der Waals surface area contributed by atoms with Crippen molar-refractivity contribution in [2.75, 3.05) is 13.2 Å². The van der Waals surface area contributed by atoms with Crippen LogP contribution in [-0.2, 0) is 14.2 Å². The van der Waals surface area contributed by atoms with Crippen LogP contribution in [0, 0.1) is 6.92 Å². The van der Waals surface area contributed by atoms with E-state index in [0.717, 1.165) is 5.56 Å². The lowest BCUT2D eigenvalue weighted by Gasteiger charge is -2.24. The first kappa shape index (κ1) is 15.1. The van der Waals surface area contributed by atoms with Crippen molar-refractivity contribution >= 4 is 5.97 Å². The van der Waals surface area contributed by atoms with Crippen molar-refractivity contribution in [3.63, 3.8) is 0 Å². The number of pyridine rings is 1. The molecule has 118 valence electrons. The van der Waals surface area contributed by atoms with Gasteiger partial charge in [0, 0.05) is 6.20 Å². The van der Waals surface area contributed by atoms with E-state index in [9.17, 15) is 9.90 Å². The van der Waals surface area contributed by atoms with E-state index in [-0.39, 0.29) is 18.9 Å². The average molecular weight is 305 g/mol. The Balaban J connectivity index is 1.68. The van der Waals surface area contributed by atoms with Gasteiger partial charge in [-0.3, -0.25) is 0 Å². The molecule has 1 aromatic heterocycles. The van der Waals surface area contributed by atoms with E-state index in [0.29, 0.717) is 6.42 Å². The maximum atomic E-state index is 12.2.